The van der Waals surface area contributed by atoms with Gasteiger partial charge in [-0.15, -0.1) is 11.6 Å². The van der Waals surface area contributed by atoms with Crippen molar-refractivity contribution >= 4 is 11.6 Å². The Morgan fingerprint density at radius 1 is 1.44 bits per heavy atom. The van der Waals surface area contributed by atoms with Gasteiger partial charge in [-0.05, 0) is 31.2 Å². The Balaban J connectivity index is 2.01. The van der Waals surface area contributed by atoms with E-state index in [1.165, 1.54) is 25.7 Å². The van der Waals surface area contributed by atoms with E-state index >= 15 is 0 Å². The van der Waals surface area contributed by atoms with Crippen molar-refractivity contribution in [1.29, 1.82) is 0 Å². The number of aromatic nitrogens is 1. The second-order valence-electron chi connectivity index (χ2n) is 4.53. The minimum atomic E-state index is 0.360. The summed E-state index contributed by atoms with van der Waals surface area (Å²) in [4.78, 5) is 4.16. The summed E-state index contributed by atoms with van der Waals surface area (Å²) in [6, 6.07) is 3.85. The van der Waals surface area contributed by atoms with Gasteiger partial charge in [-0.1, -0.05) is 13.3 Å². The fraction of sp³-hybridized carbons (Fsp3) is 0.615. The van der Waals surface area contributed by atoms with Crippen LogP contribution in [-0.2, 0) is 5.88 Å². The molecule has 3 heteroatoms. The smallest absolute Gasteiger partial charge is 0.123 e. The van der Waals surface area contributed by atoms with Gasteiger partial charge in [0.15, 0.2) is 0 Å². The predicted octanol–water partition coefficient (Wildman–Crippen LogP) is 3.78. The molecule has 2 unspecified atom stereocenters. The highest BCUT2D eigenvalue weighted by Crippen LogP contribution is 2.28. The van der Waals surface area contributed by atoms with Gasteiger partial charge in [0.2, 0.25) is 0 Å². The van der Waals surface area contributed by atoms with E-state index in [-0.39, 0.29) is 0 Å². The molecular weight excluding hydrogens is 222 g/mol. The van der Waals surface area contributed by atoms with Crippen LogP contribution in [0.15, 0.2) is 18.3 Å². The summed E-state index contributed by atoms with van der Waals surface area (Å²) in [5.41, 5.74) is 0.877. The molecule has 1 aromatic rings. The quantitative estimate of drug-likeness (QED) is 0.749. The Morgan fingerprint density at radius 2 is 2.25 bits per heavy atom. The number of alkyl halides is 1. The van der Waals surface area contributed by atoms with Crippen LogP contribution >= 0.6 is 11.6 Å². The molecule has 0 aliphatic heterocycles. The number of pyridine rings is 1. The molecule has 2 rings (SSSR count). The number of nitrogens with zero attached hydrogens (tertiary/aromatic N) is 1. The third kappa shape index (κ3) is 2.88. The van der Waals surface area contributed by atoms with E-state index in [2.05, 4.69) is 11.9 Å². The van der Waals surface area contributed by atoms with Gasteiger partial charge in [-0.2, -0.15) is 0 Å². The average molecular weight is 240 g/mol. The molecule has 1 aliphatic rings. The first-order valence-electron chi connectivity index (χ1n) is 5.97. The fourth-order valence-corrected chi connectivity index (χ4v) is 2.38. The summed E-state index contributed by atoms with van der Waals surface area (Å²) < 4.78 is 6.01. The Morgan fingerprint density at radius 3 is 3.00 bits per heavy atom. The molecule has 1 fully saturated rings. The van der Waals surface area contributed by atoms with E-state index in [1.807, 2.05) is 12.1 Å². The minimum absolute atomic E-state index is 0.360. The first-order valence-corrected chi connectivity index (χ1v) is 6.50. The van der Waals surface area contributed by atoms with Gasteiger partial charge < -0.3 is 4.74 Å². The normalized spacial score (nSPS) is 25.4. The van der Waals surface area contributed by atoms with Crippen LogP contribution in [0.2, 0.25) is 0 Å². The predicted molar refractivity (Wildman–Crippen MR) is 65.8 cm³/mol. The van der Waals surface area contributed by atoms with Gasteiger partial charge in [-0.25, -0.2) is 0 Å². The second kappa shape index (κ2) is 5.53. The molecule has 0 bridgehead atoms. The summed E-state index contributed by atoms with van der Waals surface area (Å²) in [6.45, 7) is 2.27. The Kier molecular flexibility index (Phi) is 4.05. The third-order valence-corrected chi connectivity index (χ3v) is 3.52. The zero-order chi connectivity index (χ0) is 11.4. The molecule has 1 aromatic heterocycles. The molecule has 1 saturated carbocycles. The number of rotatable bonds is 3. The van der Waals surface area contributed by atoms with Gasteiger partial charge >= 0.3 is 0 Å². The average Bonchev–Trinajstić information content (AvgIpc) is 2.32. The summed E-state index contributed by atoms with van der Waals surface area (Å²) >= 11 is 5.75. The minimum Gasteiger partial charge on any atom is -0.490 e. The summed E-state index contributed by atoms with van der Waals surface area (Å²) in [5.74, 6) is 2.00. The van der Waals surface area contributed by atoms with Crippen molar-refractivity contribution in [1.82, 2.24) is 4.98 Å². The Bertz CT molecular complexity index is 342. The van der Waals surface area contributed by atoms with Crippen LogP contribution in [0.4, 0.5) is 0 Å². The molecule has 0 amide bonds. The molecule has 88 valence electrons. The SMILES string of the molecule is CC1CCCCC1Oc1ccnc(CCl)c1. The lowest BCUT2D eigenvalue weighted by atomic mass is 9.88. The third-order valence-electron chi connectivity index (χ3n) is 3.25. The van der Waals surface area contributed by atoms with Crippen molar-refractivity contribution in [3.8, 4) is 5.75 Å². The van der Waals surface area contributed by atoms with Crippen molar-refractivity contribution in [3.05, 3.63) is 24.0 Å². The first kappa shape index (κ1) is 11.7. The maximum absolute atomic E-state index is 6.01. The van der Waals surface area contributed by atoms with E-state index in [4.69, 9.17) is 16.3 Å². The maximum atomic E-state index is 6.01. The highest BCUT2D eigenvalue weighted by Gasteiger charge is 2.22. The molecule has 0 aromatic carbocycles. The highest BCUT2D eigenvalue weighted by atomic mass is 35.5. The summed E-state index contributed by atoms with van der Waals surface area (Å²) in [6.07, 6.45) is 7.18. The summed E-state index contributed by atoms with van der Waals surface area (Å²) in [5, 5.41) is 0. The fourth-order valence-electron chi connectivity index (χ4n) is 2.23. The van der Waals surface area contributed by atoms with Crippen LogP contribution in [0, 0.1) is 5.92 Å². The molecular formula is C13H18ClNO. The molecule has 16 heavy (non-hydrogen) atoms. The topological polar surface area (TPSA) is 22.1 Å². The molecule has 2 nitrogen and oxygen atoms in total. The zero-order valence-electron chi connectivity index (χ0n) is 9.66. The van der Waals surface area contributed by atoms with Gasteiger partial charge in [0.05, 0.1) is 11.6 Å². The number of halogens is 1. The van der Waals surface area contributed by atoms with E-state index in [0.29, 0.717) is 17.9 Å². The van der Waals surface area contributed by atoms with Crippen molar-refractivity contribution in [2.75, 3.05) is 0 Å². The zero-order valence-corrected chi connectivity index (χ0v) is 10.4. The lowest BCUT2D eigenvalue weighted by Crippen LogP contribution is -2.28. The molecule has 0 saturated heterocycles. The lowest BCUT2D eigenvalue weighted by molar-refractivity contribution is 0.102. The highest BCUT2D eigenvalue weighted by molar-refractivity contribution is 6.16. The molecule has 0 spiro atoms. The Labute approximate surface area is 102 Å². The number of hydrogen-bond donors (Lipinski definition) is 0. The monoisotopic (exact) mass is 239 g/mol. The largest absolute Gasteiger partial charge is 0.490 e. The van der Waals surface area contributed by atoms with Crippen molar-refractivity contribution < 1.29 is 4.74 Å². The van der Waals surface area contributed by atoms with Gasteiger partial charge in [0.25, 0.3) is 0 Å². The van der Waals surface area contributed by atoms with Crippen molar-refractivity contribution in [2.45, 2.75) is 44.6 Å². The van der Waals surface area contributed by atoms with Gasteiger partial charge in [0, 0.05) is 12.3 Å². The number of ether oxygens (including phenoxy) is 1. The van der Waals surface area contributed by atoms with Crippen LogP contribution in [0.3, 0.4) is 0 Å². The van der Waals surface area contributed by atoms with Crippen LogP contribution in [0.1, 0.15) is 38.3 Å². The van der Waals surface area contributed by atoms with Crippen LogP contribution in [0.25, 0.3) is 0 Å². The van der Waals surface area contributed by atoms with E-state index in [9.17, 15) is 0 Å². The first-order chi connectivity index (χ1) is 7.79. The summed E-state index contributed by atoms with van der Waals surface area (Å²) in [7, 11) is 0. The molecule has 1 heterocycles. The Hall–Kier alpha value is -0.760. The van der Waals surface area contributed by atoms with Gasteiger partial charge in [0.1, 0.15) is 11.9 Å². The van der Waals surface area contributed by atoms with Crippen LogP contribution in [-0.4, -0.2) is 11.1 Å². The van der Waals surface area contributed by atoms with Crippen LogP contribution in [0.5, 0.6) is 5.75 Å². The van der Waals surface area contributed by atoms with E-state index in [1.54, 1.807) is 6.20 Å². The standard InChI is InChI=1S/C13H18ClNO/c1-10-4-2-3-5-13(10)16-12-6-7-15-11(8-12)9-14/h6-8,10,13H,2-5,9H2,1H3. The molecule has 1 aliphatic carbocycles. The second-order valence-corrected chi connectivity index (χ2v) is 4.80. The lowest BCUT2D eigenvalue weighted by Gasteiger charge is -2.29. The molecule has 2 atom stereocenters. The number of hydrogen-bond acceptors (Lipinski definition) is 2. The van der Waals surface area contributed by atoms with Gasteiger partial charge in [-0.3, -0.25) is 4.98 Å². The van der Waals surface area contributed by atoms with Crippen molar-refractivity contribution in [2.24, 2.45) is 5.92 Å². The van der Waals surface area contributed by atoms with Crippen LogP contribution < -0.4 is 4.74 Å². The van der Waals surface area contributed by atoms with Crippen molar-refractivity contribution in [3.63, 3.8) is 0 Å². The maximum Gasteiger partial charge on any atom is 0.123 e. The molecule has 0 N–H and O–H groups in total. The molecule has 0 radical (unpaired) electrons. The van der Waals surface area contributed by atoms with E-state index < -0.39 is 0 Å². The van der Waals surface area contributed by atoms with E-state index in [0.717, 1.165) is 11.4 Å².